The summed E-state index contributed by atoms with van der Waals surface area (Å²) in [6.45, 7) is 2.53. The van der Waals surface area contributed by atoms with Gasteiger partial charge >= 0.3 is 11.9 Å². The Morgan fingerprint density at radius 2 is 1.45 bits per heavy atom. The van der Waals surface area contributed by atoms with Crippen molar-refractivity contribution in [2.45, 2.75) is 80.1 Å². The summed E-state index contributed by atoms with van der Waals surface area (Å²) >= 11 is 1.71. The number of rotatable bonds is 13. The van der Waals surface area contributed by atoms with Crippen LogP contribution in [0, 0.1) is 30.6 Å². The van der Waals surface area contributed by atoms with Gasteiger partial charge < -0.3 is 14.2 Å². The van der Waals surface area contributed by atoms with Crippen molar-refractivity contribution in [3.8, 4) is 11.1 Å². The lowest BCUT2D eigenvalue weighted by molar-refractivity contribution is -0.216. The zero-order valence-electron chi connectivity index (χ0n) is 26.0. The normalized spacial score (nSPS) is 25.1. The molecule has 0 spiro atoms. The first-order valence-corrected chi connectivity index (χ1v) is 17.0. The van der Waals surface area contributed by atoms with Crippen LogP contribution in [0.1, 0.15) is 62.5 Å². The predicted molar refractivity (Wildman–Crippen MR) is 173 cm³/mol. The summed E-state index contributed by atoms with van der Waals surface area (Å²) in [5.74, 6) is 1.62. The second-order valence-corrected chi connectivity index (χ2v) is 14.2. The molecule has 4 aliphatic rings. The molecular weight excluding hydrogens is 568 g/mol. The van der Waals surface area contributed by atoms with E-state index in [0.29, 0.717) is 11.8 Å². The average molecular weight is 613 g/mol. The van der Waals surface area contributed by atoms with E-state index in [1.807, 2.05) is 24.3 Å². The van der Waals surface area contributed by atoms with Gasteiger partial charge in [0.1, 0.15) is 5.60 Å². The van der Waals surface area contributed by atoms with Gasteiger partial charge in [-0.3, -0.25) is 4.79 Å². The third-order valence-electron chi connectivity index (χ3n) is 10.2. The first-order valence-electron chi connectivity index (χ1n) is 16.2. The molecule has 0 heterocycles. The summed E-state index contributed by atoms with van der Waals surface area (Å²) in [5, 5.41) is 0. The minimum Gasteiger partial charge on any atom is -0.456 e. The molecular formula is C38H44O5S. The molecule has 3 aromatic carbocycles. The van der Waals surface area contributed by atoms with E-state index >= 15 is 0 Å². The number of methoxy groups -OCH3 is 1. The van der Waals surface area contributed by atoms with Crippen LogP contribution in [0.3, 0.4) is 0 Å². The third kappa shape index (κ3) is 6.92. The lowest BCUT2D eigenvalue weighted by Crippen LogP contribution is -2.60. The van der Waals surface area contributed by atoms with E-state index in [4.69, 9.17) is 14.2 Å². The molecule has 0 amide bonds. The minimum atomic E-state index is -0.411. The highest BCUT2D eigenvalue weighted by atomic mass is 32.2. The van der Waals surface area contributed by atoms with Crippen molar-refractivity contribution in [3.05, 3.63) is 83.9 Å². The third-order valence-corrected chi connectivity index (χ3v) is 11.2. The molecule has 4 bridgehead atoms. The first kappa shape index (κ1) is 30.9. The fourth-order valence-corrected chi connectivity index (χ4v) is 9.27. The Balaban J connectivity index is 1.03. The Bertz CT molecular complexity index is 1420. The van der Waals surface area contributed by atoms with E-state index in [-0.39, 0.29) is 13.0 Å². The van der Waals surface area contributed by atoms with Crippen LogP contribution < -0.4 is 0 Å². The Hall–Kier alpha value is -3.09. The molecule has 0 aliphatic heterocycles. The van der Waals surface area contributed by atoms with Crippen molar-refractivity contribution in [2.75, 3.05) is 20.3 Å². The summed E-state index contributed by atoms with van der Waals surface area (Å²) in [4.78, 5) is 28.1. The molecule has 0 atom stereocenters. The number of unbranched alkanes of at least 4 members (excludes halogenated alkanes) is 1. The van der Waals surface area contributed by atoms with Crippen LogP contribution in [0.4, 0.5) is 0 Å². The summed E-state index contributed by atoms with van der Waals surface area (Å²) in [6, 6.07) is 24.9. The molecule has 0 unspecified atom stereocenters. The molecule has 7 rings (SSSR count). The number of esters is 2. The zero-order chi connectivity index (χ0) is 30.5. The van der Waals surface area contributed by atoms with Crippen molar-refractivity contribution < 1.29 is 23.8 Å². The van der Waals surface area contributed by atoms with Crippen LogP contribution in [0.15, 0.2) is 82.6 Å². The molecule has 4 aliphatic carbocycles. The molecule has 0 radical (unpaired) electrons. The maximum atomic E-state index is 13.1. The molecule has 232 valence electrons. The maximum Gasteiger partial charge on any atom is 0.344 e. The fourth-order valence-electron chi connectivity index (χ4n) is 8.31. The van der Waals surface area contributed by atoms with E-state index in [1.165, 1.54) is 28.0 Å². The fraction of sp³-hybridized carbons (Fsp3) is 0.474. The second kappa shape index (κ2) is 13.9. The highest BCUT2D eigenvalue weighted by Gasteiger charge is 2.59. The molecule has 0 N–H and O–H groups in total. The van der Waals surface area contributed by atoms with Gasteiger partial charge in [0.25, 0.3) is 0 Å². The van der Waals surface area contributed by atoms with Gasteiger partial charge in [0, 0.05) is 23.5 Å². The quantitative estimate of drug-likeness (QED) is 0.143. The molecule has 5 nitrogen and oxygen atoms in total. The standard InChI is InChI=1S/C38H44O5S/c1-26-9-3-4-10-33(26)34-11-5-6-12-35(34)44-32-15-13-27(14-16-32)24-36(39)42-25-37(40)43-38(17-7-8-18-41-2)30-20-28-19-29(22-30)23-31(38)21-28/h3-6,9-16,28-31H,7-8,17-25H2,1-2H3. The molecule has 4 fully saturated rings. The highest BCUT2D eigenvalue weighted by Crippen LogP contribution is 2.61. The number of hydrogen-bond acceptors (Lipinski definition) is 6. The van der Waals surface area contributed by atoms with Crippen LogP contribution in [0.2, 0.25) is 0 Å². The number of benzene rings is 3. The van der Waals surface area contributed by atoms with E-state index in [1.54, 1.807) is 18.9 Å². The minimum absolute atomic E-state index is 0.120. The van der Waals surface area contributed by atoms with Crippen LogP contribution in [0.5, 0.6) is 0 Å². The van der Waals surface area contributed by atoms with Crippen molar-refractivity contribution in [3.63, 3.8) is 0 Å². The van der Waals surface area contributed by atoms with Crippen molar-refractivity contribution in [2.24, 2.45) is 23.7 Å². The van der Waals surface area contributed by atoms with Crippen molar-refractivity contribution in [1.29, 1.82) is 0 Å². The first-order chi connectivity index (χ1) is 21.4. The summed E-state index contributed by atoms with van der Waals surface area (Å²) in [6.07, 6.45) is 8.94. The maximum absolute atomic E-state index is 13.1. The van der Waals surface area contributed by atoms with Gasteiger partial charge in [-0.2, -0.15) is 0 Å². The Morgan fingerprint density at radius 3 is 2.14 bits per heavy atom. The van der Waals surface area contributed by atoms with Gasteiger partial charge in [-0.05, 0) is 122 Å². The summed E-state index contributed by atoms with van der Waals surface area (Å²) in [7, 11) is 1.73. The van der Waals surface area contributed by atoms with Gasteiger partial charge in [0.15, 0.2) is 6.61 Å². The van der Waals surface area contributed by atoms with Crippen LogP contribution >= 0.6 is 11.8 Å². The lowest BCUT2D eigenvalue weighted by atomic mass is 9.49. The largest absolute Gasteiger partial charge is 0.456 e. The zero-order valence-corrected chi connectivity index (χ0v) is 26.8. The number of hydrogen-bond donors (Lipinski definition) is 0. The second-order valence-electron chi connectivity index (χ2n) is 13.1. The molecule has 0 aromatic heterocycles. The van der Waals surface area contributed by atoms with Crippen molar-refractivity contribution in [1.82, 2.24) is 0 Å². The van der Waals surface area contributed by atoms with Crippen LogP contribution in [-0.4, -0.2) is 37.9 Å². The summed E-state index contributed by atoms with van der Waals surface area (Å²) < 4.78 is 17.1. The van der Waals surface area contributed by atoms with E-state index < -0.39 is 17.5 Å². The van der Waals surface area contributed by atoms with Gasteiger partial charge in [-0.25, -0.2) is 4.79 Å². The molecule has 3 aromatic rings. The SMILES string of the molecule is COCCCCC1(OC(=O)COC(=O)Cc2ccc(Sc3ccccc3-c3ccccc3C)cc2)C2CC3CC(C2)CC1C3. The molecule has 44 heavy (non-hydrogen) atoms. The van der Waals surface area contributed by atoms with Crippen LogP contribution in [-0.2, 0) is 30.2 Å². The Morgan fingerprint density at radius 1 is 0.795 bits per heavy atom. The smallest absolute Gasteiger partial charge is 0.344 e. The van der Waals surface area contributed by atoms with E-state index in [9.17, 15) is 9.59 Å². The van der Waals surface area contributed by atoms with E-state index in [0.717, 1.165) is 73.8 Å². The monoisotopic (exact) mass is 612 g/mol. The summed E-state index contributed by atoms with van der Waals surface area (Å²) in [5.41, 5.74) is 4.13. The van der Waals surface area contributed by atoms with Gasteiger partial charge in [-0.1, -0.05) is 66.4 Å². The van der Waals surface area contributed by atoms with Gasteiger partial charge in [0.05, 0.1) is 6.42 Å². The average Bonchev–Trinajstić information content (AvgIpc) is 3.02. The number of ether oxygens (including phenoxy) is 3. The highest BCUT2D eigenvalue weighted by molar-refractivity contribution is 7.99. The molecule has 6 heteroatoms. The molecule has 0 saturated heterocycles. The number of aryl methyl sites for hydroxylation is 1. The van der Waals surface area contributed by atoms with E-state index in [2.05, 4.69) is 55.5 Å². The van der Waals surface area contributed by atoms with Gasteiger partial charge in [-0.15, -0.1) is 0 Å². The molecule has 4 saturated carbocycles. The Labute approximate surface area is 266 Å². The topological polar surface area (TPSA) is 61.8 Å². The number of carbonyl (C=O) groups is 2. The van der Waals surface area contributed by atoms with Crippen LogP contribution in [0.25, 0.3) is 11.1 Å². The van der Waals surface area contributed by atoms with Crippen molar-refractivity contribution >= 4 is 23.7 Å². The van der Waals surface area contributed by atoms with Gasteiger partial charge in [0.2, 0.25) is 0 Å². The predicted octanol–water partition coefficient (Wildman–Crippen LogP) is 8.45. The lowest BCUT2D eigenvalue weighted by Gasteiger charge is -2.60. The Kier molecular flexibility index (Phi) is 9.77. The number of carbonyl (C=O) groups excluding carboxylic acids is 2.